The number of anilines is 1. The quantitative estimate of drug-likeness (QED) is 0.579. The molecular weight excluding hydrogens is 380 g/mol. The van der Waals surface area contributed by atoms with Gasteiger partial charge in [-0.05, 0) is 45.6 Å². The van der Waals surface area contributed by atoms with Gasteiger partial charge in [-0.2, -0.15) is 10.1 Å². The molecule has 0 saturated heterocycles. The first-order valence-corrected chi connectivity index (χ1v) is 10.4. The molecule has 0 bridgehead atoms. The summed E-state index contributed by atoms with van der Waals surface area (Å²) < 4.78 is 1.81. The van der Waals surface area contributed by atoms with Crippen LogP contribution in [0.1, 0.15) is 39.5 Å². The Morgan fingerprint density at radius 3 is 2.73 bits per heavy atom. The van der Waals surface area contributed by atoms with Crippen molar-refractivity contribution in [2.45, 2.75) is 51.1 Å². The molecule has 3 N–H and O–H groups in total. The maximum atomic E-state index is 12.4. The zero-order chi connectivity index (χ0) is 21.1. The average Bonchev–Trinajstić information content (AvgIpc) is 3.18. The average molecular weight is 409 g/mol. The molecule has 0 unspecified atom stereocenters. The highest BCUT2D eigenvalue weighted by Gasteiger charge is 2.29. The molecular formula is C22H28N6O2. The third kappa shape index (κ3) is 4.43. The topological polar surface area (TPSA) is 105 Å². The Hall–Kier alpha value is -3.00. The van der Waals surface area contributed by atoms with Crippen LogP contribution >= 0.6 is 0 Å². The first-order chi connectivity index (χ1) is 14.4. The number of fused-ring (bicyclic) bond motifs is 1. The molecule has 1 aromatic carbocycles. The van der Waals surface area contributed by atoms with Crippen molar-refractivity contribution in [3.05, 3.63) is 42.7 Å². The molecule has 30 heavy (non-hydrogen) atoms. The van der Waals surface area contributed by atoms with Gasteiger partial charge in [0.25, 0.3) is 0 Å². The highest BCUT2D eigenvalue weighted by Crippen LogP contribution is 2.27. The first kappa shape index (κ1) is 20.3. The molecule has 2 heterocycles. The van der Waals surface area contributed by atoms with Gasteiger partial charge in [-0.25, -0.2) is 9.67 Å². The number of hydrogen-bond donors (Lipinski definition) is 3. The highest BCUT2D eigenvalue weighted by atomic mass is 16.3. The molecule has 2 aromatic heterocycles. The van der Waals surface area contributed by atoms with E-state index in [4.69, 9.17) is 0 Å². The zero-order valence-corrected chi connectivity index (χ0v) is 17.4. The van der Waals surface area contributed by atoms with Crippen LogP contribution in [0.15, 0.2) is 42.7 Å². The predicted octanol–water partition coefficient (Wildman–Crippen LogP) is 2.67. The van der Waals surface area contributed by atoms with Gasteiger partial charge in [-0.15, -0.1) is 0 Å². The molecule has 1 aliphatic carbocycles. The summed E-state index contributed by atoms with van der Waals surface area (Å²) in [6.45, 7) is 3.57. The number of para-hydroxylation sites is 1. The summed E-state index contributed by atoms with van der Waals surface area (Å²) in [7, 11) is 0. The van der Waals surface area contributed by atoms with Gasteiger partial charge in [-0.1, -0.05) is 18.2 Å². The zero-order valence-electron chi connectivity index (χ0n) is 17.4. The molecule has 0 radical (unpaired) electrons. The maximum absolute atomic E-state index is 12.4. The van der Waals surface area contributed by atoms with Crippen molar-refractivity contribution in [3.8, 4) is 5.82 Å². The second kappa shape index (κ2) is 8.39. The molecule has 4 rings (SSSR count). The van der Waals surface area contributed by atoms with Crippen molar-refractivity contribution < 1.29 is 9.90 Å². The minimum atomic E-state index is -0.586. The van der Waals surface area contributed by atoms with Crippen molar-refractivity contribution >= 4 is 22.8 Å². The van der Waals surface area contributed by atoms with Crippen LogP contribution in [0.5, 0.6) is 0 Å². The molecule has 0 atom stereocenters. The van der Waals surface area contributed by atoms with Gasteiger partial charge in [0, 0.05) is 29.6 Å². The van der Waals surface area contributed by atoms with Crippen LogP contribution in [0.3, 0.4) is 0 Å². The number of benzene rings is 1. The normalized spacial score (nSPS) is 19.6. The lowest BCUT2D eigenvalue weighted by molar-refractivity contribution is -0.128. The van der Waals surface area contributed by atoms with Crippen LogP contribution in [0, 0.1) is 5.92 Å². The Kier molecular flexibility index (Phi) is 5.67. The van der Waals surface area contributed by atoms with E-state index in [0.717, 1.165) is 36.6 Å². The predicted molar refractivity (Wildman–Crippen MR) is 115 cm³/mol. The minimum Gasteiger partial charge on any atom is -0.394 e. The number of nitrogens with zero attached hydrogens (tertiary/aromatic N) is 4. The summed E-state index contributed by atoms with van der Waals surface area (Å²) in [5.74, 6) is 1.29. The molecule has 0 aliphatic heterocycles. The fraction of sp³-hybridized carbons (Fsp3) is 0.455. The second-order valence-electron chi connectivity index (χ2n) is 8.58. The van der Waals surface area contributed by atoms with Crippen LogP contribution in [-0.2, 0) is 4.79 Å². The standard InChI is InChI=1S/C22H28N6O2/c1-22(2,14-29)27-20(30)15-7-9-17(10-8-15)25-21-23-12-11-19(26-21)28-18-6-4-3-5-16(18)13-24-28/h3-6,11-13,15,17,29H,7-10,14H2,1-2H3,(H,27,30)(H,23,25,26). The lowest BCUT2D eigenvalue weighted by Crippen LogP contribution is -2.49. The Labute approximate surface area is 175 Å². The van der Waals surface area contributed by atoms with Crippen molar-refractivity contribution in [2.75, 3.05) is 11.9 Å². The van der Waals surface area contributed by atoms with Crippen molar-refractivity contribution in [2.24, 2.45) is 5.92 Å². The number of nitrogens with one attached hydrogen (secondary N) is 2. The van der Waals surface area contributed by atoms with E-state index in [0.29, 0.717) is 11.8 Å². The molecule has 3 aromatic rings. The number of hydrogen-bond acceptors (Lipinski definition) is 6. The van der Waals surface area contributed by atoms with E-state index in [1.165, 1.54) is 0 Å². The van der Waals surface area contributed by atoms with Gasteiger partial charge in [0.05, 0.1) is 23.9 Å². The molecule has 0 spiro atoms. The second-order valence-corrected chi connectivity index (χ2v) is 8.58. The Balaban J connectivity index is 1.38. The third-order valence-electron chi connectivity index (χ3n) is 5.62. The maximum Gasteiger partial charge on any atom is 0.224 e. The van der Waals surface area contributed by atoms with Gasteiger partial charge >= 0.3 is 0 Å². The van der Waals surface area contributed by atoms with Gasteiger partial charge in [0.15, 0.2) is 5.82 Å². The van der Waals surface area contributed by atoms with E-state index in [-0.39, 0.29) is 24.5 Å². The van der Waals surface area contributed by atoms with E-state index in [9.17, 15) is 9.90 Å². The summed E-state index contributed by atoms with van der Waals surface area (Å²) in [4.78, 5) is 21.5. The molecule has 1 fully saturated rings. The van der Waals surface area contributed by atoms with E-state index in [2.05, 4.69) is 25.7 Å². The van der Waals surface area contributed by atoms with Gasteiger partial charge in [0.1, 0.15) is 0 Å². The summed E-state index contributed by atoms with van der Waals surface area (Å²) >= 11 is 0. The fourth-order valence-electron chi connectivity index (χ4n) is 3.85. The number of aliphatic hydroxyl groups excluding tert-OH is 1. The number of carbonyl (C=O) groups is 1. The van der Waals surface area contributed by atoms with Crippen LogP contribution in [0.25, 0.3) is 16.7 Å². The van der Waals surface area contributed by atoms with E-state index >= 15 is 0 Å². The van der Waals surface area contributed by atoms with Gasteiger partial charge < -0.3 is 15.7 Å². The summed E-state index contributed by atoms with van der Waals surface area (Å²) in [5.41, 5.74) is 0.413. The van der Waals surface area contributed by atoms with Crippen LogP contribution in [-0.4, -0.2) is 48.9 Å². The van der Waals surface area contributed by atoms with Crippen molar-refractivity contribution in [3.63, 3.8) is 0 Å². The van der Waals surface area contributed by atoms with E-state index in [1.54, 1.807) is 6.20 Å². The van der Waals surface area contributed by atoms with Crippen molar-refractivity contribution in [1.82, 2.24) is 25.1 Å². The minimum absolute atomic E-state index is 0.0171. The Morgan fingerprint density at radius 2 is 1.97 bits per heavy atom. The largest absolute Gasteiger partial charge is 0.394 e. The SMILES string of the molecule is CC(C)(CO)NC(=O)C1CCC(Nc2nccc(-n3ncc4ccccc43)n2)CC1. The van der Waals surface area contributed by atoms with Crippen LogP contribution in [0.4, 0.5) is 5.95 Å². The monoisotopic (exact) mass is 408 g/mol. The number of aromatic nitrogens is 4. The fourth-order valence-corrected chi connectivity index (χ4v) is 3.85. The molecule has 8 nitrogen and oxygen atoms in total. The summed E-state index contributed by atoms with van der Waals surface area (Å²) in [6.07, 6.45) is 6.90. The van der Waals surface area contributed by atoms with Crippen LogP contribution < -0.4 is 10.6 Å². The van der Waals surface area contributed by atoms with E-state index < -0.39 is 5.54 Å². The lowest BCUT2D eigenvalue weighted by atomic mass is 9.85. The van der Waals surface area contributed by atoms with Gasteiger partial charge in [-0.3, -0.25) is 4.79 Å². The molecule has 1 aliphatic rings. The number of amides is 1. The van der Waals surface area contributed by atoms with E-state index in [1.807, 2.05) is 55.1 Å². The Bertz CT molecular complexity index is 1020. The molecule has 1 saturated carbocycles. The summed E-state index contributed by atoms with van der Waals surface area (Å²) in [6, 6.07) is 10.1. The van der Waals surface area contributed by atoms with Crippen molar-refractivity contribution in [1.29, 1.82) is 0 Å². The number of carbonyl (C=O) groups excluding carboxylic acids is 1. The summed E-state index contributed by atoms with van der Waals surface area (Å²) in [5, 5.41) is 21.2. The van der Waals surface area contributed by atoms with Gasteiger partial charge in [0.2, 0.25) is 11.9 Å². The highest BCUT2D eigenvalue weighted by molar-refractivity contribution is 5.80. The molecule has 158 valence electrons. The Morgan fingerprint density at radius 1 is 1.20 bits per heavy atom. The lowest BCUT2D eigenvalue weighted by Gasteiger charge is -2.31. The smallest absolute Gasteiger partial charge is 0.224 e. The number of rotatable bonds is 6. The third-order valence-corrected chi connectivity index (χ3v) is 5.62. The molecule has 8 heteroatoms. The van der Waals surface area contributed by atoms with Crippen LogP contribution in [0.2, 0.25) is 0 Å². The first-order valence-electron chi connectivity index (χ1n) is 10.4. The molecule has 1 amide bonds. The number of aliphatic hydroxyl groups is 1.